The van der Waals surface area contributed by atoms with Crippen LogP contribution in [-0.4, -0.2) is 126 Å². The first kappa shape index (κ1) is 62.8. The molecular formula is C52H66N6O16S2. The van der Waals surface area contributed by atoms with Gasteiger partial charge in [-0.15, -0.1) is 11.3 Å². The summed E-state index contributed by atoms with van der Waals surface area (Å²) in [5.41, 5.74) is 1.60. The maximum atomic E-state index is 13.8. The maximum absolute atomic E-state index is 13.8. The summed E-state index contributed by atoms with van der Waals surface area (Å²) < 4.78 is 38.8. The Morgan fingerprint density at radius 3 is 1.79 bits per heavy atom. The lowest BCUT2D eigenvalue weighted by Crippen LogP contribution is -2.55. The van der Waals surface area contributed by atoms with Gasteiger partial charge in [-0.25, -0.2) is 4.89 Å². The average Bonchev–Trinajstić information content (AvgIpc) is 3.74. The molecule has 3 unspecified atom stereocenters. The second-order valence-electron chi connectivity index (χ2n) is 18.1. The summed E-state index contributed by atoms with van der Waals surface area (Å²) in [6, 6.07) is 20.9. The largest absolute Gasteiger partial charge is 0.496 e. The number of carbonyl (C=O) groups is 8. The highest BCUT2D eigenvalue weighted by Crippen LogP contribution is 2.28. The third-order valence-corrected chi connectivity index (χ3v) is 12.6. The fraction of sp³-hybridized carbons (Fsp3) is 0.385. The van der Waals surface area contributed by atoms with E-state index in [0.717, 1.165) is 0 Å². The fourth-order valence-electron chi connectivity index (χ4n) is 7.12. The lowest BCUT2D eigenvalue weighted by atomic mass is 10.0. The van der Waals surface area contributed by atoms with Crippen molar-refractivity contribution in [3.8, 4) is 5.75 Å². The minimum atomic E-state index is -4.32. The molecule has 6 amide bonds. The number of hydrogen-bond donors (Lipinski definition) is 10. The smallest absolute Gasteiger partial charge is 0.303 e. The average molecular weight is 1100 g/mol. The lowest BCUT2D eigenvalue weighted by Gasteiger charge is -2.25. The third-order valence-electron chi connectivity index (χ3n) is 10.8. The number of carboxylic acids is 2. The standard InChI is InChI=1S/C40H52N6O14S.C9H8S.C3H6O2/c1-40(2,3)46-38(53)28(10-7-11-34(49)50)43-32(47)21-41-36(51)29(18-19-60-55)44-33(48)22-42-37(52)30(20-24-12-14-25(15-13-24)23-61(56,57)58)45-39(54)35-27-9-6-5-8-26(27)16-17-31(35)59-4;1-7-6-10-9-5-3-2-4-8(7)9;1-2-3(4)5/h5-6,8-9,12-17,28-30,55H,7,10-11,18-23H2,1-4H3,(H,41,51)(H,42,52)(H,43,47)(H,44,48)(H,45,54)(H,46,53)(H,49,50)(H,56,57,58);2-6H,1H3;2H2,1H3,(H,4,5). The first-order chi connectivity index (χ1) is 35.8. The molecule has 0 radical (unpaired) electrons. The molecule has 0 saturated carbocycles. The molecule has 0 aliphatic rings. The first-order valence-electron chi connectivity index (χ1n) is 23.8. The normalized spacial score (nSPS) is 12.2. The number of aryl methyl sites for hydroxylation is 1. The molecule has 0 spiro atoms. The molecule has 4 aromatic carbocycles. The SMILES string of the molecule is CCC(=O)O.COc1ccc2ccccc2c1C(=O)NC(Cc1ccc(CS(=O)(=O)O)cc1)C(=O)NCC(=O)NC(CCOO)C(=O)NCC(=O)NC(CCCC(=O)O)C(=O)NC(C)(C)C.Cc1csc2ccccc12. The number of benzene rings is 4. The predicted octanol–water partition coefficient (Wildman–Crippen LogP) is 4.52. The molecule has 10 N–H and O–H groups in total. The van der Waals surface area contributed by atoms with Crippen LogP contribution in [0.1, 0.15) is 86.8 Å². The highest BCUT2D eigenvalue weighted by molar-refractivity contribution is 7.85. The topological polar surface area (TPSA) is 342 Å². The van der Waals surface area contributed by atoms with Crippen molar-refractivity contribution < 1.29 is 76.4 Å². The summed E-state index contributed by atoms with van der Waals surface area (Å²) in [4.78, 5) is 104. The van der Waals surface area contributed by atoms with E-state index in [4.69, 9.17) is 20.2 Å². The van der Waals surface area contributed by atoms with Crippen molar-refractivity contribution in [2.45, 2.75) is 103 Å². The molecule has 5 rings (SSSR count). The van der Waals surface area contributed by atoms with Crippen molar-refractivity contribution in [3.63, 3.8) is 0 Å². The third kappa shape index (κ3) is 22.5. The van der Waals surface area contributed by atoms with Crippen LogP contribution in [-0.2, 0) is 60.7 Å². The van der Waals surface area contributed by atoms with Crippen LogP contribution in [0.5, 0.6) is 5.75 Å². The Labute approximate surface area is 444 Å². The van der Waals surface area contributed by atoms with Crippen molar-refractivity contribution in [3.05, 3.63) is 113 Å². The van der Waals surface area contributed by atoms with E-state index in [0.29, 0.717) is 16.3 Å². The van der Waals surface area contributed by atoms with Crippen LogP contribution in [0.4, 0.5) is 0 Å². The molecule has 22 nitrogen and oxygen atoms in total. The molecule has 24 heteroatoms. The van der Waals surface area contributed by atoms with Gasteiger partial charge in [0.2, 0.25) is 29.5 Å². The Morgan fingerprint density at radius 1 is 0.697 bits per heavy atom. The number of hydrogen-bond acceptors (Lipinski definition) is 14. The predicted molar refractivity (Wildman–Crippen MR) is 284 cm³/mol. The summed E-state index contributed by atoms with van der Waals surface area (Å²) in [7, 11) is -2.94. The van der Waals surface area contributed by atoms with Crippen LogP contribution in [0.3, 0.4) is 0 Å². The van der Waals surface area contributed by atoms with E-state index >= 15 is 0 Å². The van der Waals surface area contributed by atoms with E-state index in [1.54, 1.807) is 64.1 Å². The molecule has 76 heavy (non-hydrogen) atoms. The van der Waals surface area contributed by atoms with Crippen molar-refractivity contribution in [2.75, 3.05) is 26.8 Å². The molecule has 412 valence electrons. The van der Waals surface area contributed by atoms with Gasteiger partial charge in [0.1, 0.15) is 29.6 Å². The minimum absolute atomic E-state index is 0.00261. The Hall–Kier alpha value is -7.51. The maximum Gasteiger partial charge on any atom is 0.303 e. The Morgan fingerprint density at radius 2 is 1.25 bits per heavy atom. The van der Waals surface area contributed by atoms with Gasteiger partial charge in [-0.05, 0) is 90.9 Å². The number of thiophene rings is 1. The number of fused-ring (bicyclic) bond motifs is 2. The quantitative estimate of drug-likeness (QED) is 0.0231. The number of ether oxygens (including phenoxy) is 1. The molecule has 0 bridgehead atoms. The Bertz CT molecular complexity index is 2900. The van der Waals surface area contributed by atoms with Gasteiger partial charge in [0.05, 0.1) is 32.4 Å². The molecule has 5 aromatic rings. The van der Waals surface area contributed by atoms with Gasteiger partial charge in [-0.3, -0.25) is 48.2 Å². The van der Waals surface area contributed by atoms with E-state index in [9.17, 15) is 51.3 Å². The van der Waals surface area contributed by atoms with Crippen molar-refractivity contribution in [2.24, 2.45) is 0 Å². The molecule has 0 fully saturated rings. The van der Waals surface area contributed by atoms with Crippen LogP contribution < -0.4 is 36.6 Å². The van der Waals surface area contributed by atoms with E-state index in [1.807, 2.05) is 11.3 Å². The van der Waals surface area contributed by atoms with Crippen LogP contribution in [0.15, 0.2) is 90.3 Å². The minimum Gasteiger partial charge on any atom is -0.496 e. The van der Waals surface area contributed by atoms with Gasteiger partial charge < -0.3 is 46.9 Å². The highest BCUT2D eigenvalue weighted by Gasteiger charge is 2.28. The molecule has 1 aromatic heterocycles. The van der Waals surface area contributed by atoms with Crippen LogP contribution in [0.2, 0.25) is 0 Å². The van der Waals surface area contributed by atoms with Gasteiger partial charge in [0.15, 0.2) is 0 Å². The zero-order valence-electron chi connectivity index (χ0n) is 43.0. The van der Waals surface area contributed by atoms with Crippen LogP contribution >= 0.6 is 11.3 Å². The number of nitrogens with one attached hydrogen (secondary N) is 6. The number of methoxy groups -OCH3 is 1. The summed E-state index contributed by atoms with van der Waals surface area (Å²) in [6.07, 6.45) is -0.371. The number of amides is 6. The number of carbonyl (C=O) groups excluding carboxylic acids is 6. The van der Waals surface area contributed by atoms with Gasteiger partial charge in [0.25, 0.3) is 16.0 Å². The molecule has 3 atom stereocenters. The molecule has 0 aliphatic heterocycles. The molecular weight excluding hydrogens is 1030 g/mol. The van der Waals surface area contributed by atoms with E-state index in [-0.39, 0.29) is 55.4 Å². The fourth-order valence-corrected chi connectivity index (χ4v) is 8.68. The highest BCUT2D eigenvalue weighted by atomic mass is 32.2. The van der Waals surface area contributed by atoms with Crippen LogP contribution in [0.25, 0.3) is 20.9 Å². The van der Waals surface area contributed by atoms with Gasteiger partial charge in [0, 0.05) is 35.9 Å². The summed E-state index contributed by atoms with van der Waals surface area (Å²) >= 11 is 1.81. The molecule has 0 aliphatic carbocycles. The van der Waals surface area contributed by atoms with Gasteiger partial charge in [-0.1, -0.05) is 79.7 Å². The lowest BCUT2D eigenvalue weighted by molar-refractivity contribution is -0.243. The first-order valence-corrected chi connectivity index (χ1v) is 26.3. The molecule has 0 saturated heterocycles. The van der Waals surface area contributed by atoms with Crippen molar-refractivity contribution in [1.29, 1.82) is 0 Å². The summed E-state index contributed by atoms with van der Waals surface area (Å²) in [6.45, 7) is 7.13. The van der Waals surface area contributed by atoms with Crippen molar-refractivity contribution >= 4 is 89.7 Å². The Balaban J connectivity index is 0.000000862. The molecule has 1 heterocycles. The van der Waals surface area contributed by atoms with Crippen molar-refractivity contribution in [1.82, 2.24) is 31.9 Å². The second-order valence-corrected chi connectivity index (χ2v) is 20.5. The number of rotatable bonds is 24. The summed E-state index contributed by atoms with van der Waals surface area (Å²) in [5.74, 6) is -6.89. The number of aliphatic carboxylic acids is 2. The van der Waals surface area contributed by atoms with Crippen LogP contribution in [0, 0.1) is 6.92 Å². The second kappa shape index (κ2) is 30.8. The summed E-state index contributed by atoms with van der Waals surface area (Å²) in [5, 5.41) is 45.5. The van der Waals surface area contributed by atoms with Gasteiger partial charge in [-0.2, -0.15) is 8.42 Å². The monoisotopic (exact) mass is 1090 g/mol. The van der Waals surface area contributed by atoms with E-state index in [2.05, 4.69) is 73.4 Å². The van der Waals surface area contributed by atoms with E-state index in [1.165, 1.54) is 47.0 Å². The number of carboxylic acid groups (broad SMARTS) is 2. The van der Waals surface area contributed by atoms with E-state index < -0.39 is 107 Å². The zero-order chi connectivity index (χ0) is 56.6. The Kier molecular flexibility index (Phi) is 25.4. The van der Waals surface area contributed by atoms with Gasteiger partial charge >= 0.3 is 11.9 Å². The zero-order valence-corrected chi connectivity index (χ0v) is 44.6.